The van der Waals surface area contributed by atoms with Crippen molar-refractivity contribution in [3.63, 3.8) is 0 Å². The Morgan fingerprint density at radius 3 is 2.10 bits per heavy atom. The molecule has 0 heterocycles. The van der Waals surface area contributed by atoms with Crippen molar-refractivity contribution in [1.29, 1.82) is 5.26 Å². The Hall–Kier alpha value is -1.37. The van der Waals surface area contributed by atoms with Crippen LogP contribution in [0, 0.1) is 35.0 Å². The Kier molecular flexibility index (Phi) is 4.28. The average molecular weight is 288 g/mol. The van der Waals surface area contributed by atoms with E-state index in [1.54, 1.807) is 0 Å². The fourth-order valence-corrected chi connectivity index (χ4v) is 3.75. The summed E-state index contributed by atoms with van der Waals surface area (Å²) in [6.45, 7) is 0. The van der Waals surface area contributed by atoms with Gasteiger partial charge in [-0.2, -0.15) is 5.26 Å². The third-order valence-corrected chi connectivity index (χ3v) is 5.31. The van der Waals surface area contributed by atoms with Gasteiger partial charge in [0.05, 0.1) is 6.07 Å². The number of hydrogen-bond donors (Lipinski definition) is 1. The molecule has 3 aliphatic rings. The number of amides is 1. The topological polar surface area (TPSA) is 70.0 Å². The van der Waals surface area contributed by atoms with Crippen LogP contribution in [0.2, 0.25) is 0 Å². The summed E-state index contributed by atoms with van der Waals surface area (Å²) in [6.07, 6.45) is 9.53. The first-order chi connectivity index (χ1) is 10.2. The zero-order valence-corrected chi connectivity index (χ0v) is 12.5. The zero-order valence-electron chi connectivity index (χ0n) is 12.5. The van der Waals surface area contributed by atoms with Gasteiger partial charge in [-0.1, -0.05) is 12.8 Å². The van der Waals surface area contributed by atoms with Gasteiger partial charge in [-0.05, 0) is 56.3 Å². The van der Waals surface area contributed by atoms with Crippen LogP contribution < -0.4 is 5.32 Å². The summed E-state index contributed by atoms with van der Waals surface area (Å²) in [6, 6.07) is 2.11. The third kappa shape index (κ3) is 3.64. The molecule has 4 nitrogen and oxygen atoms in total. The number of nitriles is 1. The maximum absolute atomic E-state index is 12.4. The maximum Gasteiger partial charge on any atom is 0.245 e. The van der Waals surface area contributed by atoms with Gasteiger partial charge in [0.2, 0.25) is 5.91 Å². The fourth-order valence-electron chi connectivity index (χ4n) is 3.75. The van der Waals surface area contributed by atoms with E-state index in [-0.39, 0.29) is 17.7 Å². The number of nitrogens with one attached hydrogen (secondary N) is 1. The van der Waals surface area contributed by atoms with Gasteiger partial charge in [0.15, 0.2) is 11.7 Å². The molecule has 0 aromatic rings. The summed E-state index contributed by atoms with van der Waals surface area (Å²) >= 11 is 0. The van der Waals surface area contributed by atoms with Crippen LogP contribution in [0.4, 0.5) is 0 Å². The number of rotatable bonds is 7. The fraction of sp³-hybridized carbons (Fsp3) is 0.824. The highest BCUT2D eigenvalue weighted by Gasteiger charge is 2.43. The summed E-state index contributed by atoms with van der Waals surface area (Å²) in [4.78, 5) is 24.6. The Bertz CT molecular complexity index is 442. The number of carbonyl (C=O) groups excluding carboxylic acids is 2. The monoisotopic (exact) mass is 288 g/mol. The second-order valence-electron chi connectivity index (χ2n) is 7.06. The molecule has 0 aromatic heterocycles. The van der Waals surface area contributed by atoms with Crippen molar-refractivity contribution in [1.82, 2.24) is 5.32 Å². The minimum Gasteiger partial charge on any atom is -0.352 e. The Morgan fingerprint density at radius 2 is 1.62 bits per heavy atom. The third-order valence-electron chi connectivity index (χ3n) is 5.31. The van der Waals surface area contributed by atoms with Gasteiger partial charge in [-0.25, -0.2) is 0 Å². The molecule has 3 rings (SSSR count). The van der Waals surface area contributed by atoms with Crippen molar-refractivity contribution < 1.29 is 9.59 Å². The van der Waals surface area contributed by atoms with Crippen molar-refractivity contribution >= 4 is 11.7 Å². The van der Waals surface area contributed by atoms with Crippen molar-refractivity contribution in [2.75, 3.05) is 0 Å². The SMILES string of the molecule is N#C[C@@H](C(=O)CC(C1CC1)C1CC1)C(=O)NC1CCCC1. The van der Waals surface area contributed by atoms with Crippen LogP contribution in [0.5, 0.6) is 0 Å². The molecule has 21 heavy (non-hydrogen) atoms. The predicted molar refractivity (Wildman–Crippen MR) is 78.1 cm³/mol. The van der Waals surface area contributed by atoms with Crippen LogP contribution in [-0.4, -0.2) is 17.7 Å². The van der Waals surface area contributed by atoms with Gasteiger partial charge in [0, 0.05) is 12.5 Å². The average Bonchev–Trinajstić information content (AvgIpc) is 3.38. The van der Waals surface area contributed by atoms with E-state index in [1.165, 1.54) is 25.7 Å². The van der Waals surface area contributed by atoms with E-state index in [1.807, 2.05) is 6.07 Å². The molecule has 0 unspecified atom stereocenters. The lowest BCUT2D eigenvalue weighted by molar-refractivity contribution is -0.132. The van der Waals surface area contributed by atoms with Gasteiger partial charge in [0.1, 0.15) is 0 Å². The molecular formula is C17H24N2O2. The second-order valence-corrected chi connectivity index (χ2v) is 7.06. The highest BCUT2D eigenvalue weighted by molar-refractivity contribution is 6.04. The van der Waals surface area contributed by atoms with Crippen molar-refractivity contribution in [2.24, 2.45) is 23.7 Å². The second kappa shape index (κ2) is 6.17. The Balaban J connectivity index is 1.55. The molecule has 1 N–H and O–H groups in total. The predicted octanol–water partition coefficient (Wildman–Crippen LogP) is 2.58. The normalized spacial score (nSPS) is 23.8. The van der Waals surface area contributed by atoms with E-state index in [4.69, 9.17) is 0 Å². The van der Waals surface area contributed by atoms with Crippen LogP contribution in [0.25, 0.3) is 0 Å². The van der Waals surface area contributed by atoms with Crippen LogP contribution in [0.1, 0.15) is 57.8 Å². The quantitative estimate of drug-likeness (QED) is 0.732. The van der Waals surface area contributed by atoms with Gasteiger partial charge in [0.25, 0.3) is 0 Å². The van der Waals surface area contributed by atoms with Crippen LogP contribution in [-0.2, 0) is 9.59 Å². The summed E-state index contributed by atoms with van der Waals surface area (Å²) < 4.78 is 0. The lowest BCUT2D eigenvalue weighted by Gasteiger charge is -2.18. The molecule has 0 aromatic carbocycles. The minimum atomic E-state index is -1.09. The lowest BCUT2D eigenvalue weighted by atomic mass is 9.88. The first-order valence-corrected chi connectivity index (χ1v) is 8.41. The summed E-state index contributed by atoms with van der Waals surface area (Å²) in [5, 5.41) is 12.1. The number of hydrogen-bond acceptors (Lipinski definition) is 3. The largest absolute Gasteiger partial charge is 0.352 e. The standard InChI is InChI=1S/C17H24N2O2/c18-10-15(17(21)19-13-3-1-2-4-13)16(20)9-14(11-5-6-11)12-7-8-12/h11-15H,1-9H2,(H,19,21)/t15-/m0/s1. The maximum atomic E-state index is 12.4. The van der Waals surface area contributed by atoms with Crippen LogP contribution in [0.3, 0.4) is 0 Å². The molecule has 4 heteroatoms. The molecule has 0 spiro atoms. The highest BCUT2D eigenvalue weighted by atomic mass is 16.2. The number of ketones is 1. The van der Waals surface area contributed by atoms with Gasteiger partial charge in [-0.3, -0.25) is 9.59 Å². The van der Waals surface area contributed by atoms with E-state index in [0.29, 0.717) is 24.2 Å². The zero-order chi connectivity index (χ0) is 14.8. The molecular weight excluding hydrogens is 264 g/mol. The van der Waals surface area contributed by atoms with Crippen molar-refractivity contribution in [2.45, 2.75) is 63.8 Å². The molecule has 0 bridgehead atoms. The molecule has 0 saturated heterocycles. The summed E-state index contributed by atoms with van der Waals surface area (Å²) in [7, 11) is 0. The van der Waals surface area contributed by atoms with E-state index < -0.39 is 5.92 Å². The summed E-state index contributed by atoms with van der Waals surface area (Å²) in [5.74, 6) is 0.187. The highest BCUT2D eigenvalue weighted by Crippen LogP contribution is 2.50. The van der Waals surface area contributed by atoms with E-state index in [0.717, 1.165) is 25.7 Å². The van der Waals surface area contributed by atoms with E-state index >= 15 is 0 Å². The van der Waals surface area contributed by atoms with Crippen molar-refractivity contribution in [3.05, 3.63) is 0 Å². The molecule has 1 amide bonds. The molecule has 3 aliphatic carbocycles. The molecule has 114 valence electrons. The molecule has 3 fully saturated rings. The molecule has 0 radical (unpaired) electrons. The minimum absolute atomic E-state index is 0.156. The number of carbonyl (C=O) groups is 2. The van der Waals surface area contributed by atoms with Gasteiger partial charge >= 0.3 is 0 Å². The Morgan fingerprint density at radius 1 is 1.05 bits per heavy atom. The van der Waals surface area contributed by atoms with E-state index in [2.05, 4.69) is 5.32 Å². The number of Topliss-reactive ketones (excluding diaryl/α,β-unsaturated/α-hetero) is 1. The molecule has 1 atom stereocenters. The molecule has 3 saturated carbocycles. The van der Waals surface area contributed by atoms with Crippen LogP contribution >= 0.6 is 0 Å². The van der Waals surface area contributed by atoms with E-state index in [9.17, 15) is 14.9 Å². The van der Waals surface area contributed by atoms with Crippen molar-refractivity contribution in [3.8, 4) is 6.07 Å². The molecule has 0 aliphatic heterocycles. The van der Waals surface area contributed by atoms with Crippen LogP contribution in [0.15, 0.2) is 0 Å². The lowest BCUT2D eigenvalue weighted by Crippen LogP contribution is -2.40. The Labute approximate surface area is 126 Å². The van der Waals surface area contributed by atoms with Gasteiger partial charge < -0.3 is 5.32 Å². The summed E-state index contributed by atoms with van der Waals surface area (Å²) in [5.41, 5.74) is 0. The smallest absolute Gasteiger partial charge is 0.245 e. The van der Waals surface area contributed by atoms with Gasteiger partial charge in [-0.15, -0.1) is 0 Å². The first kappa shape index (κ1) is 14.6. The number of nitrogens with zero attached hydrogens (tertiary/aromatic N) is 1. The first-order valence-electron chi connectivity index (χ1n) is 8.41.